The Hall–Kier alpha value is -1.15. The molecule has 19 heavy (non-hydrogen) atoms. The molecule has 1 unspecified atom stereocenters. The molecule has 1 aromatic carbocycles. The van der Waals surface area contributed by atoms with Crippen molar-refractivity contribution < 1.29 is 9.53 Å². The van der Waals surface area contributed by atoms with Gasteiger partial charge in [-0.2, -0.15) is 0 Å². The van der Waals surface area contributed by atoms with Gasteiger partial charge in [-0.15, -0.1) is 0 Å². The first-order valence-electron chi connectivity index (χ1n) is 7.50. The van der Waals surface area contributed by atoms with Gasteiger partial charge in [0.25, 0.3) is 0 Å². The van der Waals surface area contributed by atoms with E-state index in [0.717, 1.165) is 44.3 Å². The third kappa shape index (κ3) is 2.34. The van der Waals surface area contributed by atoms with Crippen LogP contribution >= 0.6 is 0 Å². The molecule has 2 nitrogen and oxygen atoms in total. The van der Waals surface area contributed by atoms with Gasteiger partial charge in [-0.25, -0.2) is 0 Å². The highest BCUT2D eigenvalue weighted by molar-refractivity contribution is 5.99. The molecule has 1 aliphatic carbocycles. The van der Waals surface area contributed by atoms with Crippen molar-refractivity contribution >= 4 is 5.78 Å². The monoisotopic (exact) mass is 258 g/mol. The second-order valence-corrected chi connectivity index (χ2v) is 5.95. The average molecular weight is 258 g/mol. The number of aryl methyl sites for hydroxylation is 1. The lowest BCUT2D eigenvalue weighted by Gasteiger charge is -2.46. The lowest BCUT2D eigenvalue weighted by atomic mass is 9.70. The maximum Gasteiger partial charge on any atom is 0.166 e. The Bertz CT molecular complexity index is 474. The summed E-state index contributed by atoms with van der Waals surface area (Å²) in [7, 11) is 0. The highest BCUT2D eigenvalue weighted by Crippen LogP contribution is 2.45. The molecule has 1 aromatic rings. The van der Waals surface area contributed by atoms with Crippen molar-refractivity contribution in [3.8, 4) is 0 Å². The van der Waals surface area contributed by atoms with Crippen LogP contribution in [0.25, 0.3) is 0 Å². The van der Waals surface area contributed by atoms with Gasteiger partial charge in [0.15, 0.2) is 5.78 Å². The van der Waals surface area contributed by atoms with Crippen LogP contribution in [0.2, 0.25) is 0 Å². The van der Waals surface area contributed by atoms with Crippen LogP contribution in [0, 0.1) is 5.92 Å². The quantitative estimate of drug-likeness (QED) is 0.771. The summed E-state index contributed by atoms with van der Waals surface area (Å²) < 4.78 is 5.92. The number of rotatable bonds is 3. The van der Waals surface area contributed by atoms with E-state index in [-0.39, 0.29) is 11.5 Å². The van der Waals surface area contributed by atoms with Gasteiger partial charge in [0.1, 0.15) is 0 Å². The molecule has 0 radical (unpaired) electrons. The number of carbonyl (C=O) groups excluding carboxylic acids is 1. The SMILES string of the molecule is CCc1ccccc1C(=O)C1CCOC2(CCC2)C1. The fourth-order valence-corrected chi connectivity index (χ4v) is 3.46. The van der Waals surface area contributed by atoms with E-state index in [1.54, 1.807) is 0 Å². The van der Waals surface area contributed by atoms with Crippen molar-refractivity contribution in [2.45, 2.75) is 51.0 Å². The number of ketones is 1. The van der Waals surface area contributed by atoms with Crippen molar-refractivity contribution in [3.05, 3.63) is 35.4 Å². The van der Waals surface area contributed by atoms with Crippen molar-refractivity contribution in [2.24, 2.45) is 5.92 Å². The topological polar surface area (TPSA) is 26.3 Å². The zero-order valence-corrected chi connectivity index (χ0v) is 11.7. The molecule has 2 heteroatoms. The second-order valence-electron chi connectivity index (χ2n) is 5.95. The van der Waals surface area contributed by atoms with Gasteiger partial charge in [0.05, 0.1) is 5.60 Å². The first-order chi connectivity index (χ1) is 9.24. The largest absolute Gasteiger partial charge is 0.375 e. The van der Waals surface area contributed by atoms with Gasteiger partial charge >= 0.3 is 0 Å². The molecule has 1 saturated carbocycles. The van der Waals surface area contributed by atoms with E-state index >= 15 is 0 Å². The number of ether oxygens (including phenoxy) is 1. The van der Waals surface area contributed by atoms with Gasteiger partial charge in [0.2, 0.25) is 0 Å². The van der Waals surface area contributed by atoms with E-state index in [0.29, 0.717) is 5.78 Å². The lowest BCUT2D eigenvalue weighted by molar-refractivity contribution is -0.137. The minimum atomic E-state index is 0.0553. The zero-order chi connectivity index (χ0) is 13.3. The number of Topliss-reactive ketones (excluding diaryl/α,β-unsaturated/α-hetero) is 1. The summed E-state index contributed by atoms with van der Waals surface area (Å²) in [6.07, 6.45) is 6.30. The molecule has 1 saturated heterocycles. The van der Waals surface area contributed by atoms with Crippen LogP contribution < -0.4 is 0 Å². The van der Waals surface area contributed by atoms with E-state index in [4.69, 9.17) is 4.74 Å². The molecule has 1 spiro atoms. The molecular weight excluding hydrogens is 236 g/mol. The van der Waals surface area contributed by atoms with Crippen molar-refractivity contribution in [1.82, 2.24) is 0 Å². The molecule has 0 bridgehead atoms. The van der Waals surface area contributed by atoms with Crippen molar-refractivity contribution in [2.75, 3.05) is 6.61 Å². The molecule has 2 aliphatic rings. The number of carbonyl (C=O) groups is 1. The number of benzene rings is 1. The van der Waals surface area contributed by atoms with Gasteiger partial charge in [-0.1, -0.05) is 31.2 Å². The fourth-order valence-electron chi connectivity index (χ4n) is 3.46. The van der Waals surface area contributed by atoms with Crippen LogP contribution in [0.3, 0.4) is 0 Å². The normalized spacial score (nSPS) is 25.0. The molecule has 1 atom stereocenters. The van der Waals surface area contributed by atoms with Gasteiger partial charge in [-0.05, 0) is 44.1 Å². The van der Waals surface area contributed by atoms with Crippen LogP contribution in [-0.2, 0) is 11.2 Å². The highest BCUT2D eigenvalue weighted by Gasteiger charge is 2.44. The molecule has 3 rings (SSSR count). The molecule has 102 valence electrons. The Morgan fingerprint density at radius 1 is 1.37 bits per heavy atom. The average Bonchev–Trinajstić information content (AvgIpc) is 2.45. The van der Waals surface area contributed by atoms with E-state index < -0.39 is 0 Å². The molecule has 0 N–H and O–H groups in total. The maximum atomic E-state index is 12.8. The fraction of sp³-hybridized carbons (Fsp3) is 0.588. The summed E-state index contributed by atoms with van der Waals surface area (Å²) in [5, 5.41) is 0. The molecule has 1 aliphatic heterocycles. The van der Waals surface area contributed by atoms with Crippen molar-refractivity contribution in [3.63, 3.8) is 0 Å². The van der Waals surface area contributed by atoms with E-state index in [1.165, 1.54) is 12.0 Å². The first-order valence-corrected chi connectivity index (χ1v) is 7.50. The summed E-state index contributed by atoms with van der Waals surface area (Å²) in [5.41, 5.74) is 2.17. The predicted molar refractivity (Wildman–Crippen MR) is 75.4 cm³/mol. The molecule has 0 amide bonds. The van der Waals surface area contributed by atoms with Gasteiger partial charge in [-0.3, -0.25) is 4.79 Å². The van der Waals surface area contributed by atoms with Crippen LogP contribution in [0.5, 0.6) is 0 Å². The summed E-state index contributed by atoms with van der Waals surface area (Å²) in [6.45, 7) is 2.87. The van der Waals surface area contributed by atoms with E-state index in [1.807, 2.05) is 18.2 Å². The van der Waals surface area contributed by atoms with Gasteiger partial charge in [0, 0.05) is 18.1 Å². The minimum Gasteiger partial charge on any atom is -0.375 e. The van der Waals surface area contributed by atoms with E-state index in [2.05, 4.69) is 13.0 Å². The number of hydrogen-bond acceptors (Lipinski definition) is 2. The first kappa shape index (κ1) is 12.9. The van der Waals surface area contributed by atoms with Crippen molar-refractivity contribution in [1.29, 1.82) is 0 Å². The van der Waals surface area contributed by atoms with Crippen LogP contribution in [0.15, 0.2) is 24.3 Å². The van der Waals surface area contributed by atoms with Gasteiger partial charge < -0.3 is 4.74 Å². The minimum absolute atomic E-state index is 0.0553. The summed E-state index contributed by atoms with van der Waals surface area (Å²) >= 11 is 0. The predicted octanol–water partition coefficient (Wildman–Crippen LogP) is 3.78. The third-order valence-electron chi connectivity index (χ3n) is 4.79. The Balaban J connectivity index is 1.79. The second kappa shape index (κ2) is 5.09. The molecule has 2 fully saturated rings. The summed E-state index contributed by atoms with van der Waals surface area (Å²) in [4.78, 5) is 12.8. The maximum absolute atomic E-state index is 12.8. The summed E-state index contributed by atoms with van der Waals surface area (Å²) in [5.74, 6) is 0.508. The molecular formula is C17H22O2. The van der Waals surface area contributed by atoms with E-state index in [9.17, 15) is 4.79 Å². The molecule has 0 aromatic heterocycles. The Labute approximate surface area is 115 Å². The highest BCUT2D eigenvalue weighted by atomic mass is 16.5. The van der Waals surface area contributed by atoms with Crippen LogP contribution in [0.1, 0.15) is 54.9 Å². The smallest absolute Gasteiger partial charge is 0.166 e. The zero-order valence-electron chi connectivity index (χ0n) is 11.7. The standard InChI is InChI=1S/C17H22O2/c1-2-13-6-3-4-7-15(13)16(18)14-8-11-19-17(12-14)9-5-10-17/h3-4,6-7,14H,2,5,8-12H2,1H3. The number of hydrogen-bond donors (Lipinski definition) is 0. The van der Waals surface area contributed by atoms with Crippen LogP contribution in [-0.4, -0.2) is 18.0 Å². The Kier molecular flexibility index (Phi) is 3.44. The summed E-state index contributed by atoms with van der Waals surface area (Å²) in [6, 6.07) is 8.06. The Morgan fingerprint density at radius 3 is 2.84 bits per heavy atom. The Morgan fingerprint density at radius 2 is 2.16 bits per heavy atom. The third-order valence-corrected chi connectivity index (χ3v) is 4.79. The lowest BCUT2D eigenvalue weighted by Crippen LogP contribution is -2.47. The molecule has 1 heterocycles. The van der Waals surface area contributed by atoms with Crippen LogP contribution in [0.4, 0.5) is 0 Å².